The molecule has 0 unspecified atom stereocenters. The summed E-state index contributed by atoms with van der Waals surface area (Å²) >= 11 is 8.40. The van der Waals surface area contributed by atoms with Crippen molar-refractivity contribution in [1.82, 2.24) is 16.2 Å². The van der Waals surface area contributed by atoms with Gasteiger partial charge < -0.3 is 4.74 Å². The van der Waals surface area contributed by atoms with E-state index in [1.807, 2.05) is 42.5 Å². The molecule has 0 saturated carbocycles. The maximum absolute atomic E-state index is 12.3. The summed E-state index contributed by atoms with van der Waals surface area (Å²) in [6, 6.07) is 21.9. The van der Waals surface area contributed by atoms with E-state index in [4.69, 9.17) is 17.0 Å². The molecule has 3 rings (SSSR count). The minimum atomic E-state index is -0.419. The zero-order valence-corrected chi connectivity index (χ0v) is 18.3. The van der Waals surface area contributed by atoms with Crippen LogP contribution in [0.2, 0.25) is 0 Å². The number of halogens is 1. The first-order valence-corrected chi connectivity index (χ1v) is 10.1. The Hall–Kier alpha value is -3.23. The predicted molar refractivity (Wildman–Crippen MR) is 123 cm³/mol. The topological polar surface area (TPSA) is 79.5 Å². The molecule has 0 aliphatic carbocycles. The molecule has 0 atom stereocenters. The molecule has 0 fully saturated rings. The van der Waals surface area contributed by atoms with Crippen LogP contribution < -0.4 is 20.9 Å². The van der Waals surface area contributed by atoms with E-state index in [1.165, 1.54) is 7.11 Å². The lowest BCUT2D eigenvalue weighted by Crippen LogP contribution is -2.48. The van der Waals surface area contributed by atoms with Gasteiger partial charge in [-0.05, 0) is 69.6 Å². The minimum Gasteiger partial charge on any atom is -0.496 e. The summed E-state index contributed by atoms with van der Waals surface area (Å²) in [5.41, 5.74) is 7.91. The largest absolute Gasteiger partial charge is 0.496 e. The fraction of sp³-hybridized carbons (Fsp3) is 0.0455. The summed E-state index contributed by atoms with van der Waals surface area (Å²) in [6.07, 6.45) is 0. The highest BCUT2D eigenvalue weighted by atomic mass is 79.9. The van der Waals surface area contributed by atoms with Crippen LogP contribution in [0.5, 0.6) is 5.75 Å². The summed E-state index contributed by atoms with van der Waals surface area (Å²) < 4.78 is 5.78. The van der Waals surface area contributed by atoms with Gasteiger partial charge in [0, 0.05) is 11.1 Å². The number of carbonyl (C=O) groups excluding carboxylic acids is 2. The van der Waals surface area contributed by atoms with E-state index < -0.39 is 5.91 Å². The van der Waals surface area contributed by atoms with E-state index in [0.717, 1.165) is 11.1 Å². The van der Waals surface area contributed by atoms with Gasteiger partial charge in [-0.2, -0.15) is 0 Å². The number of amides is 2. The first-order valence-electron chi connectivity index (χ1n) is 8.88. The van der Waals surface area contributed by atoms with E-state index in [1.54, 1.807) is 30.3 Å². The van der Waals surface area contributed by atoms with Crippen molar-refractivity contribution in [1.29, 1.82) is 0 Å². The number of methoxy groups -OCH3 is 1. The first-order chi connectivity index (χ1) is 14.5. The average molecular weight is 484 g/mol. The minimum absolute atomic E-state index is 0.0267. The molecule has 3 N–H and O–H groups in total. The van der Waals surface area contributed by atoms with Gasteiger partial charge in [0.1, 0.15) is 5.75 Å². The Kier molecular flexibility index (Phi) is 7.16. The highest BCUT2D eigenvalue weighted by Gasteiger charge is 2.12. The molecule has 152 valence electrons. The third-order valence-corrected chi connectivity index (χ3v) is 5.01. The molecule has 0 aromatic heterocycles. The zero-order valence-electron chi connectivity index (χ0n) is 15.9. The van der Waals surface area contributed by atoms with Gasteiger partial charge in [0.2, 0.25) is 0 Å². The number of ether oxygens (including phenoxy) is 1. The smallest absolute Gasteiger partial charge is 0.269 e. The molecule has 6 nitrogen and oxygen atoms in total. The van der Waals surface area contributed by atoms with Crippen molar-refractivity contribution in [2.75, 3.05) is 7.11 Å². The molecule has 0 bridgehead atoms. The fourth-order valence-electron chi connectivity index (χ4n) is 2.64. The summed E-state index contributed by atoms with van der Waals surface area (Å²) in [4.78, 5) is 24.6. The van der Waals surface area contributed by atoms with Crippen molar-refractivity contribution < 1.29 is 14.3 Å². The monoisotopic (exact) mass is 483 g/mol. The molecule has 0 heterocycles. The van der Waals surface area contributed by atoms with Gasteiger partial charge in [-0.1, -0.05) is 42.5 Å². The second-order valence-electron chi connectivity index (χ2n) is 6.16. The SMILES string of the molecule is COc1ccc(C(=O)NC(=S)NNC(=O)c2ccc(-c3ccccc3)cc2)cc1Br. The number of hydrazine groups is 1. The van der Waals surface area contributed by atoms with Crippen LogP contribution in [0.25, 0.3) is 11.1 Å². The van der Waals surface area contributed by atoms with Crippen LogP contribution in [0.4, 0.5) is 0 Å². The molecular weight excluding hydrogens is 466 g/mol. The quantitative estimate of drug-likeness (QED) is 0.385. The molecule has 8 heteroatoms. The van der Waals surface area contributed by atoms with Crippen LogP contribution in [-0.2, 0) is 0 Å². The second kappa shape index (κ2) is 10.00. The second-order valence-corrected chi connectivity index (χ2v) is 7.42. The Morgan fingerprint density at radius 2 is 1.47 bits per heavy atom. The molecule has 0 aliphatic rings. The summed E-state index contributed by atoms with van der Waals surface area (Å²) in [5, 5.41) is 2.48. The molecule has 30 heavy (non-hydrogen) atoms. The van der Waals surface area contributed by atoms with Gasteiger partial charge in [0.15, 0.2) is 5.11 Å². The Morgan fingerprint density at radius 1 is 0.833 bits per heavy atom. The van der Waals surface area contributed by atoms with E-state index in [2.05, 4.69) is 32.1 Å². The van der Waals surface area contributed by atoms with Crippen molar-refractivity contribution in [3.63, 3.8) is 0 Å². The standard InChI is InChI=1S/C22H18BrN3O3S/c1-29-19-12-11-17(13-18(19)23)20(27)24-22(30)26-25-21(28)16-9-7-15(8-10-16)14-5-3-2-4-6-14/h2-13H,1H3,(H,25,28)(H2,24,26,27,30). The molecule has 0 spiro atoms. The first kappa shape index (κ1) is 21.5. The molecular formula is C22H18BrN3O3S. The lowest BCUT2D eigenvalue weighted by molar-refractivity contribution is 0.0934. The van der Waals surface area contributed by atoms with Gasteiger partial charge in [-0.25, -0.2) is 0 Å². The number of thiocarbonyl (C=S) groups is 1. The highest BCUT2D eigenvalue weighted by molar-refractivity contribution is 9.10. The van der Waals surface area contributed by atoms with Gasteiger partial charge in [0.25, 0.3) is 11.8 Å². The Bertz CT molecular complexity index is 1070. The lowest BCUT2D eigenvalue weighted by Gasteiger charge is -2.12. The number of hydrogen-bond donors (Lipinski definition) is 3. The maximum atomic E-state index is 12.3. The number of rotatable bonds is 4. The summed E-state index contributed by atoms with van der Waals surface area (Å²) in [7, 11) is 1.54. The van der Waals surface area contributed by atoms with Crippen LogP contribution in [0.15, 0.2) is 77.3 Å². The fourth-order valence-corrected chi connectivity index (χ4v) is 3.33. The van der Waals surface area contributed by atoms with E-state index in [0.29, 0.717) is 21.3 Å². The molecule has 0 aliphatic heterocycles. The third-order valence-electron chi connectivity index (χ3n) is 4.18. The molecule has 3 aromatic rings. The van der Waals surface area contributed by atoms with Crippen molar-refractivity contribution >= 4 is 45.1 Å². The van der Waals surface area contributed by atoms with Crippen molar-refractivity contribution in [2.45, 2.75) is 0 Å². The molecule has 3 aromatic carbocycles. The number of nitrogens with one attached hydrogen (secondary N) is 3. The normalized spacial score (nSPS) is 10.1. The highest BCUT2D eigenvalue weighted by Crippen LogP contribution is 2.25. The Labute approximate surface area is 187 Å². The summed E-state index contributed by atoms with van der Waals surface area (Å²) in [5.74, 6) is -0.187. The van der Waals surface area contributed by atoms with Gasteiger partial charge in [-0.15, -0.1) is 0 Å². The predicted octanol–water partition coefficient (Wildman–Crippen LogP) is 4.07. The Morgan fingerprint density at radius 3 is 2.10 bits per heavy atom. The average Bonchev–Trinajstić information content (AvgIpc) is 2.78. The van der Waals surface area contributed by atoms with E-state index >= 15 is 0 Å². The van der Waals surface area contributed by atoms with Crippen LogP contribution >= 0.6 is 28.1 Å². The van der Waals surface area contributed by atoms with Crippen molar-refractivity contribution in [2.24, 2.45) is 0 Å². The molecule has 0 saturated heterocycles. The van der Waals surface area contributed by atoms with Gasteiger partial charge >= 0.3 is 0 Å². The zero-order chi connectivity index (χ0) is 21.5. The lowest BCUT2D eigenvalue weighted by atomic mass is 10.0. The Balaban J connectivity index is 1.53. The number of carbonyl (C=O) groups is 2. The van der Waals surface area contributed by atoms with Crippen LogP contribution in [0.3, 0.4) is 0 Å². The molecule has 2 amide bonds. The summed E-state index contributed by atoms with van der Waals surface area (Å²) in [6.45, 7) is 0. The number of benzene rings is 3. The van der Waals surface area contributed by atoms with Crippen LogP contribution in [0.1, 0.15) is 20.7 Å². The van der Waals surface area contributed by atoms with Crippen molar-refractivity contribution in [3.8, 4) is 16.9 Å². The third kappa shape index (κ3) is 5.43. The maximum Gasteiger partial charge on any atom is 0.269 e. The van der Waals surface area contributed by atoms with Crippen LogP contribution in [0, 0.1) is 0 Å². The van der Waals surface area contributed by atoms with Gasteiger partial charge in [0.05, 0.1) is 11.6 Å². The number of hydrogen-bond acceptors (Lipinski definition) is 4. The van der Waals surface area contributed by atoms with Crippen molar-refractivity contribution in [3.05, 3.63) is 88.4 Å². The van der Waals surface area contributed by atoms with E-state index in [9.17, 15) is 9.59 Å². The van der Waals surface area contributed by atoms with Crippen LogP contribution in [-0.4, -0.2) is 24.0 Å². The molecule has 0 radical (unpaired) electrons. The van der Waals surface area contributed by atoms with E-state index in [-0.39, 0.29) is 11.0 Å². The van der Waals surface area contributed by atoms with Gasteiger partial charge in [-0.3, -0.25) is 25.8 Å².